The molecule has 0 aromatic heterocycles. The molecule has 1 aliphatic rings. The second kappa shape index (κ2) is 6.89. The number of carbonyl (C=O) groups is 2. The van der Waals surface area contributed by atoms with E-state index in [-0.39, 0.29) is 17.6 Å². The van der Waals surface area contributed by atoms with E-state index >= 15 is 0 Å². The number of rotatable bonds is 7. The lowest BCUT2D eigenvalue weighted by Gasteiger charge is -2.14. The molecule has 0 bridgehead atoms. The molecule has 2 amide bonds. The highest BCUT2D eigenvalue weighted by Gasteiger charge is 2.34. The first-order valence-corrected chi connectivity index (χ1v) is 7.21. The van der Waals surface area contributed by atoms with Crippen LogP contribution in [0.3, 0.4) is 0 Å². The highest BCUT2D eigenvalue weighted by atomic mass is 16.3. The average molecular weight is 297 g/mol. The number of amides is 2. The molecule has 0 spiro atoms. The van der Waals surface area contributed by atoms with Gasteiger partial charge >= 0.3 is 0 Å². The number of imide groups is 1. The van der Waals surface area contributed by atoms with E-state index in [4.69, 9.17) is 0 Å². The summed E-state index contributed by atoms with van der Waals surface area (Å²) in [6, 6.07) is 7.04. The molecular formula is C18H19NO3. The molecule has 0 saturated carbocycles. The second-order valence-electron chi connectivity index (χ2n) is 5.12. The van der Waals surface area contributed by atoms with Crippen LogP contribution in [0.25, 0.3) is 0 Å². The first-order valence-electron chi connectivity index (χ1n) is 7.21. The number of hydrogen-bond donors (Lipinski definition) is 1. The minimum absolute atomic E-state index is 0.247. The number of phenolic OH excluding ortho intramolecular Hbond substituents is 1. The van der Waals surface area contributed by atoms with E-state index in [1.54, 1.807) is 12.1 Å². The van der Waals surface area contributed by atoms with Crippen LogP contribution in [0.2, 0.25) is 0 Å². The summed E-state index contributed by atoms with van der Waals surface area (Å²) in [5.74, 6) is -0.337. The summed E-state index contributed by atoms with van der Waals surface area (Å²) in [6.07, 6.45) is 5.25. The molecule has 1 N–H and O–H groups in total. The number of hydrogen-bond acceptors (Lipinski definition) is 3. The molecule has 1 aromatic rings. The molecule has 4 heteroatoms. The van der Waals surface area contributed by atoms with Gasteiger partial charge in [-0.1, -0.05) is 37.4 Å². The van der Waals surface area contributed by atoms with Crippen LogP contribution < -0.4 is 0 Å². The summed E-state index contributed by atoms with van der Waals surface area (Å²) in [5, 5.41) is 9.22. The Labute approximate surface area is 130 Å². The van der Waals surface area contributed by atoms with Crippen molar-refractivity contribution in [2.75, 3.05) is 6.54 Å². The van der Waals surface area contributed by atoms with Crippen molar-refractivity contribution in [3.63, 3.8) is 0 Å². The minimum Gasteiger partial charge on any atom is -0.508 e. The third-order valence-corrected chi connectivity index (χ3v) is 3.68. The average Bonchev–Trinajstić information content (AvgIpc) is 2.75. The molecule has 1 aromatic carbocycles. The van der Waals surface area contributed by atoms with Gasteiger partial charge < -0.3 is 5.11 Å². The van der Waals surface area contributed by atoms with Crippen molar-refractivity contribution in [2.45, 2.75) is 19.3 Å². The largest absolute Gasteiger partial charge is 0.508 e. The number of benzene rings is 1. The number of nitrogens with zero attached hydrogens (tertiary/aromatic N) is 1. The third-order valence-electron chi connectivity index (χ3n) is 3.68. The summed E-state index contributed by atoms with van der Waals surface area (Å²) in [7, 11) is 0. The van der Waals surface area contributed by atoms with Gasteiger partial charge in [0.05, 0.1) is 11.1 Å². The van der Waals surface area contributed by atoms with E-state index < -0.39 is 0 Å². The Morgan fingerprint density at radius 1 is 0.955 bits per heavy atom. The van der Waals surface area contributed by atoms with E-state index in [0.29, 0.717) is 17.7 Å². The standard InChI is InChI=1S/C18H19NO3/c1-3-15-16(4-2)18(22)19(17(15)21)12-6-5-7-13-8-10-14(20)11-9-13/h3-4,8-11,20H,1-2,5-7,12H2. The molecule has 22 heavy (non-hydrogen) atoms. The molecule has 0 saturated heterocycles. The lowest BCUT2D eigenvalue weighted by Crippen LogP contribution is -2.32. The normalized spacial score (nSPS) is 14.6. The predicted octanol–water partition coefficient (Wildman–Crippen LogP) is 2.75. The lowest BCUT2D eigenvalue weighted by molar-refractivity contribution is -0.137. The summed E-state index contributed by atoms with van der Waals surface area (Å²) in [4.78, 5) is 25.5. The fourth-order valence-electron chi connectivity index (χ4n) is 2.47. The van der Waals surface area contributed by atoms with Gasteiger partial charge in [-0.3, -0.25) is 14.5 Å². The van der Waals surface area contributed by atoms with Crippen LogP contribution in [0.1, 0.15) is 18.4 Å². The van der Waals surface area contributed by atoms with E-state index in [1.165, 1.54) is 17.1 Å². The summed E-state index contributed by atoms with van der Waals surface area (Å²) >= 11 is 0. The Hall–Kier alpha value is -2.62. The fourth-order valence-corrected chi connectivity index (χ4v) is 2.47. The topological polar surface area (TPSA) is 57.6 Å². The van der Waals surface area contributed by atoms with Crippen LogP contribution in [0, 0.1) is 0 Å². The van der Waals surface area contributed by atoms with Crippen LogP contribution in [-0.4, -0.2) is 28.4 Å². The molecule has 114 valence electrons. The molecule has 0 unspecified atom stereocenters. The number of phenols is 1. The smallest absolute Gasteiger partial charge is 0.261 e. The monoisotopic (exact) mass is 297 g/mol. The zero-order valence-corrected chi connectivity index (χ0v) is 12.4. The molecule has 0 fully saturated rings. The second-order valence-corrected chi connectivity index (χ2v) is 5.12. The number of aromatic hydroxyl groups is 1. The number of aryl methyl sites for hydroxylation is 1. The molecular weight excluding hydrogens is 278 g/mol. The highest BCUT2D eigenvalue weighted by Crippen LogP contribution is 2.23. The molecule has 2 rings (SSSR count). The van der Waals surface area contributed by atoms with Crippen LogP contribution >= 0.6 is 0 Å². The van der Waals surface area contributed by atoms with Crippen molar-refractivity contribution in [1.82, 2.24) is 4.90 Å². The van der Waals surface area contributed by atoms with E-state index in [0.717, 1.165) is 24.8 Å². The molecule has 4 nitrogen and oxygen atoms in total. The van der Waals surface area contributed by atoms with Gasteiger partial charge in [0, 0.05) is 6.54 Å². The van der Waals surface area contributed by atoms with Gasteiger partial charge in [-0.25, -0.2) is 0 Å². The number of unbranched alkanes of at least 4 members (excludes halogenated alkanes) is 1. The first-order chi connectivity index (χ1) is 10.6. The quantitative estimate of drug-likeness (QED) is 0.622. The highest BCUT2D eigenvalue weighted by molar-refractivity contribution is 6.21. The maximum atomic E-state index is 12.1. The van der Waals surface area contributed by atoms with Crippen LogP contribution in [-0.2, 0) is 16.0 Å². The third kappa shape index (κ3) is 3.17. The SMILES string of the molecule is C=CC1=C(C=C)C(=O)N(CCCCc2ccc(O)cc2)C1=O. The maximum absolute atomic E-state index is 12.1. The molecule has 0 atom stereocenters. The van der Waals surface area contributed by atoms with E-state index in [2.05, 4.69) is 13.2 Å². The Morgan fingerprint density at radius 2 is 1.50 bits per heavy atom. The van der Waals surface area contributed by atoms with Gasteiger partial charge in [0.1, 0.15) is 5.75 Å². The number of carbonyl (C=O) groups excluding carboxylic acids is 2. The molecule has 1 aliphatic heterocycles. The maximum Gasteiger partial charge on any atom is 0.261 e. The van der Waals surface area contributed by atoms with Crippen LogP contribution in [0.15, 0.2) is 60.7 Å². The van der Waals surface area contributed by atoms with Crippen molar-refractivity contribution >= 4 is 11.8 Å². The Balaban J connectivity index is 1.87. The zero-order chi connectivity index (χ0) is 16.1. The van der Waals surface area contributed by atoms with Gasteiger partial charge in [0.25, 0.3) is 11.8 Å². The lowest BCUT2D eigenvalue weighted by atomic mass is 10.1. The van der Waals surface area contributed by atoms with Gasteiger partial charge in [-0.15, -0.1) is 0 Å². The van der Waals surface area contributed by atoms with Crippen LogP contribution in [0.4, 0.5) is 0 Å². The van der Waals surface area contributed by atoms with E-state index in [9.17, 15) is 14.7 Å². The van der Waals surface area contributed by atoms with Crippen molar-refractivity contribution in [3.8, 4) is 5.75 Å². The van der Waals surface area contributed by atoms with Gasteiger partial charge in [0.15, 0.2) is 0 Å². The van der Waals surface area contributed by atoms with E-state index in [1.807, 2.05) is 12.1 Å². The molecule has 0 aliphatic carbocycles. The fraction of sp³-hybridized carbons (Fsp3) is 0.222. The van der Waals surface area contributed by atoms with Crippen molar-refractivity contribution < 1.29 is 14.7 Å². The van der Waals surface area contributed by atoms with Crippen molar-refractivity contribution in [1.29, 1.82) is 0 Å². The van der Waals surface area contributed by atoms with Gasteiger partial charge in [-0.05, 0) is 37.0 Å². The summed E-state index contributed by atoms with van der Waals surface area (Å²) in [6.45, 7) is 7.55. The Kier molecular flexibility index (Phi) is 4.94. The summed E-state index contributed by atoms with van der Waals surface area (Å²) in [5.41, 5.74) is 1.78. The zero-order valence-electron chi connectivity index (χ0n) is 12.4. The summed E-state index contributed by atoms with van der Waals surface area (Å²) < 4.78 is 0. The Morgan fingerprint density at radius 3 is 2.00 bits per heavy atom. The molecule has 1 heterocycles. The van der Waals surface area contributed by atoms with Crippen molar-refractivity contribution in [2.24, 2.45) is 0 Å². The van der Waals surface area contributed by atoms with Crippen molar-refractivity contribution in [3.05, 3.63) is 66.3 Å². The molecule has 0 radical (unpaired) electrons. The first kappa shape index (κ1) is 15.8. The minimum atomic E-state index is -0.292. The Bertz CT molecular complexity index is 611. The van der Waals surface area contributed by atoms with Crippen LogP contribution in [0.5, 0.6) is 5.75 Å². The predicted molar refractivity (Wildman–Crippen MR) is 85.2 cm³/mol. The van der Waals surface area contributed by atoms with Gasteiger partial charge in [0.2, 0.25) is 0 Å². The van der Waals surface area contributed by atoms with Gasteiger partial charge in [-0.2, -0.15) is 0 Å².